The third-order valence-corrected chi connectivity index (χ3v) is 2.30. The maximum atomic E-state index is 10.7. The zero-order chi connectivity index (χ0) is 15.8. The molecule has 0 aromatic heterocycles. The van der Waals surface area contributed by atoms with Gasteiger partial charge < -0.3 is 30.0 Å². The summed E-state index contributed by atoms with van der Waals surface area (Å²) < 4.78 is 0. The van der Waals surface area contributed by atoms with Crippen molar-refractivity contribution in [3.8, 4) is 0 Å². The van der Waals surface area contributed by atoms with E-state index in [2.05, 4.69) is 0 Å². The van der Waals surface area contributed by atoms with Gasteiger partial charge in [-0.15, -0.1) is 0 Å². The first-order valence-corrected chi connectivity index (χ1v) is 5.84. The van der Waals surface area contributed by atoms with Crippen molar-refractivity contribution >= 4 is 17.9 Å². The molecule has 1 aliphatic rings. The van der Waals surface area contributed by atoms with Gasteiger partial charge in [0.05, 0.1) is 0 Å². The average Bonchev–Trinajstić information content (AvgIpc) is 2.42. The van der Waals surface area contributed by atoms with Gasteiger partial charge in [-0.05, 0) is 0 Å². The van der Waals surface area contributed by atoms with Crippen molar-refractivity contribution in [3.05, 3.63) is 37.2 Å². The summed E-state index contributed by atoms with van der Waals surface area (Å²) in [6, 6.07) is 0. The Bertz CT molecular complexity index is 410. The van der Waals surface area contributed by atoms with Gasteiger partial charge >= 0.3 is 17.9 Å². The average molecular weight is 297 g/mol. The summed E-state index contributed by atoms with van der Waals surface area (Å²) in [5.74, 6) is -3.23. The molecule has 21 heavy (non-hydrogen) atoms. The van der Waals surface area contributed by atoms with Gasteiger partial charge in [0, 0.05) is 37.2 Å². The fraction of sp³-hybridized carbons (Fsp3) is 0.250. The van der Waals surface area contributed by atoms with Crippen LogP contribution in [0.25, 0.3) is 0 Å². The number of hydrogen-bond acceptors (Lipinski definition) is 6. The third-order valence-electron chi connectivity index (χ3n) is 2.30. The van der Waals surface area contributed by atoms with Gasteiger partial charge in [-0.25, -0.2) is 0 Å². The van der Waals surface area contributed by atoms with E-state index in [1.54, 1.807) is 0 Å². The highest BCUT2D eigenvalue weighted by Crippen LogP contribution is 2.04. The SMILES string of the molecule is O=C(O)CN1/C=C\N(CC(=O)O)/C=C/N(CC(=O)O)/C=C/1. The predicted octanol–water partition coefficient (Wildman–Crippen LogP) is -0.427. The van der Waals surface area contributed by atoms with Gasteiger partial charge in [-0.2, -0.15) is 0 Å². The van der Waals surface area contributed by atoms with Gasteiger partial charge in [-0.3, -0.25) is 14.4 Å². The second-order valence-electron chi connectivity index (χ2n) is 4.09. The van der Waals surface area contributed by atoms with Crippen LogP contribution in [0.1, 0.15) is 0 Å². The molecule has 0 saturated carbocycles. The number of carboxylic acid groups (broad SMARTS) is 3. The van der Waals surface area contributed by atoms with E-state index in [4.69, 9.17) is 15.3 Å². The molecule has 9 nitrogen and oxygen atoms in total. The van der Waals surface area contributed by atoms with Crippen molar-refractivity contribution in [2.45, 2.75) is 0 Å². The van der Waals surface area contributed by atoms with Crippen LogP contribution >= 0.6 is 0 Å². The highest BCUT2D eigenvalue weighted by atomic mass is 16.4. The van der Waals surface area contributed by atoms with Crippen LogP contribution in [0.5, 0.6) is 0 Å². The summed E-state index contributed by atoms with van der Waals surface area (Å²) in [7, 11) is 0. The number of hydrogen-bond donors (Lipinski definition) is 3. The Morgan fingerprint density at radius 1 is 0.571 bits per heavy atom. The van der Waals surface area contributed by atoms with Crippen molar-refractivity contribution < 1.29 is 29.7 Å². The van der Waals surface area contributed by atoms with E-state index in [1.807, 2.05) is 0 Å². The molecular weight excluding hydrogens is 282 g/mol. The molecule has 0 aromatic carbocycles. The molecule has 9 heteroatoms. The Labute approximate surface area is 120 Å². The van der Waals surface area contributed by atoms with Crippen molar-refractivity contribution in [3.63, 3.8) is 0 Å². The van der Waals surface area contributed by atoms with Crippen LogP contribution in [-0.2, 0) is 14.4 Å². The summed E-state index contributed by atoms with van der Waals surface area (Å²) in [5, 5.41) is 26.3. The van der Waals surface area contributed by atoms with Gasteiger partial charge in [0.25, 0.3) is 0 Å². The molecule has 3 N–H and O–H groups in total. The smallest absolute Gasteiger partial charge is 0.323 e. The molecule has 0 spiro atoms. The molecule has 0 amide bonds. The van der Waals surface area contributed by atoms with Gasteiger partial charge in [-0.1, -0.05) is 0 Å². The largest absolute Gasteiger partial charge is 0.480 e. The van der Waals surface area contributed by atoms with E-state index in [0.717, 1.165) is 0 Å². The summed E-state index contributed by atoms with van der Waals surface area (Å²) in [5.41, 5.74) is 0. The van der Waals surface area contributed by atoms with Crippen molar-refractivity contribution in [1.29, 1.82) is 0 Å². The van der Waals surface area contributed by atoms with E-state index in [9.17, 15) is 14.4 Å². The monoisotopic (exact) mass is 297 g/mol. The number of carbonyl (C=O) groups is 3. The predicted molar refractivity (Wildman–Crippen MR) is 70.4 cm³/mol. The lowest BCUT2D eigenvalue weighted by Gasteiger charge is -2.15. The minimum absolute atomic E-state index is 0.338. The Morgan fingerprint density at radius 3 is 0.905 bits per heavy atom. The fourth-order valence-electron chi connectivity index (χ4n) is 1.45. The fourth-order valence-corrected chi connectivity index (χ4v) is 1.45. The zero-order valence-corrected chi connectivity index (χ0v) is 11.0. The van der Waals surface area contributed by atoms with Gasteiger partial charge in [0.2, 0.25) is 0 Å². The number of aliphatic carboxylic acids is 3. The quantitative estimate of drug-likeness (QED) is 0.599. The van der Waals surface area contributed by atoms with Crippen LogP contribution in [0.3, 0.4) is 0 Å². The minimum Gasteiger partial charge on any atom is -0.480 e. The molecule has 114 valence electrons. The van der Waals surface area contributed by atoms with Crippen LogP contribution in [0, 0.1) is 0 Å². The molecule has 0 unspecified atom stereocenters. The molecule has 1 aliphatic heterocycles. The molecule has 0 radical (unpaired) electrons. The number of rotatable bonds is 6. The summed E-state index contributed by atoms with van der Waals surface area (Å²) in [6.07, 6.45) is 8.35. The first kappa shape index (κ1) is 16.1. The molecule has 1 rings (SSSR count). The molecule has 0 saturated heterocycles. The molecule has 0 fully saturated rings. The lowest BCUT2D eigenvalue weighted by Crippen LogP contribution is -2.22. The van der Waals surface area contributed by atoms with Crippen LogP contribution in [0.4, 0.5) is 0 Å². The van der Waals surface area contributed by atoms with E-state index >= 15 is 0 Å². The highest BCUT2D eigenvalue weighted by molar-refractivity contribution is 5.70. The number of carboxylic acids is 3. The summed E-state index contributed by atoms with van der Waals surface area (Å²) >= 11 is 0. The molecule has 0 aliphatic carbocycles. The topological polar surface area (TPSA) is 122 Å². The first-order chi connectivity index (χ1) is 9.86. The second-order valence-corrected chi connectivity index (χ2v) is 4.09. The van der Waals surface area contributed by atoms with Crippen LogP contribution in [0.2, 0.25) is 0 Å². The number of nitrogens with zero attached hydrogens (tertiary/aromatic N) is 3. The molecule has 0 aromatic rings. The standard InChI is InChI=1S/C12H15N3O6/c16-10(17)7-13-1-2-14(8-11(18)19)5-6-15(4-3-13)9-12(20)21/h1-6H,7-9H2,(H,16,17)(H,18,19)(H,20,21)/b2-1-,4-3+,6-5+. The summed E-state index contributed by atoms with van der Waals surface area (Å²) in [4.78, 5) is 36.1. The van der Waals surface area contributed by atoms with Crippen molar-refractivity contribution in [1.82, 2.24) is 14.7 Å². The second kappa shape index (κ2) is 7.58. The molecule has 1 heterocycles. The van der Waals surface area contributed by atoms with Crippen LogP contribution in [0.15, 0.2) is 37.2 Å². The summed E-state index contributed by atoms with van der Waals surface area (Å²) in [6.45, 7) is -1.02. The van der Waals surface area contributed by atoms with E-state index in [0.29, 0.717) is 0 Å². The normalized spacial score (nSPS) is 19.1. The van der Waals surface area contributed by atoms with E-state index in [-0.39, 0.29) is 19.6 Å². The van der Waals surface area contributed by atoms with Crippen molar-refractivity contribution in [2.75, 3.05) is 19.6 Å². The Hall–Kier alpha value is -2.97. The maximum absolute atomic E-state index is 10.7. The molecule has 0 bridgehead atoms. The van der Waals surface area contributed by atoms with E-state index < -0.39 is 17.9 Å². The van der Waals surface area contributed by atoms with Crippen LogP contribution in [-0.4, -0.2) is 67.6 Å². The van der Waals surface area contributed by atoms with Gasteiger partial charge in [0.1, 0.15) is 19.6 Å². The highest BCUT2D eigenvalue weighted by Gasteiger charge is 2.09. The maximum Gasteiger partial charge on any atom is 0.323 e. The third kappa shape index (κ3) is 6.66. The molecular formula is C12H15N3O6. The zero-order valence-electron chi connectivity index (χ0n) is 11.0. The Kier molecular flexibility index (Phi) is 5.80. The first-order valence-electron chi connectivity index (χ1n) is 5.84. The van der Waals surface area contributed by atoms with Gasteiger partial charge in [0.15, 0.2) is 0 Å². The van der Waals surface area contributed by atoms with E-state index in [1.165, 1.54) is 51.9 Å². The Morgan fingerprint density at radius 2 is 0.762 bits per heavy atom. The lowest BCUT2D eigenvalue weighted by atomic mass is 10.5. The molecule has 0 atom stereocenters. The lowest BCUT2D eigenvalue weighted by molar-refractivity contribution is -0.138. The minimum atomic E-state index is -1.08. The van der Waals surface area contributed by atoms with Crippen LogP contribution < -0.4 is 0 Å². The van der Waals surface area contributed by atoms with Crippen molar-refractivity contribution in [2.24, 2.45) is 0 Å². The Balaban J connectivity index is 2.95.